The van der Waals surface area contributed by atoms with E-state index in [1.54, 1.807) is 4.68 Å². The van der Waals surface area contributed by atoms with Gasteiger partial charge in [-0.15, -0.1) is 0 Å². The lowest BCUT2D eigenvalue weighted by Crippen LogP contribution is -2.39. The Bertz CT molecular complexity index is 1450. The highest BCUT2D eigenvalue weighted by Crippen LogP contribution is 2.39. The van der Waals surface area contributed by atoms with E-state index in [1.165, 1.54) is 11.8 Å². The molecule has 0 saturated heterocycles. The van der Waals surface area contributed by atoms with Gasteiger partial charge in [0.2, 0.25) is 5.91 Å². The van der Waals surface area contributed by atoms with E-state index in [-0.39, 0.29) is 11.8 Å². The maximum Gasteiger partial charge on any atom is 0.261 e. The van der Waals surface area contributed by atoms with Gasteiger partial charge in [-0.25, -0.2) is 9.67 Å². The summed E-state index contributed by atoms with van der Waals surface area (Å²) in [6.45, 7) is 5.93. The maximum absolute atomic E-state index is 13.6. The molecule has 0 radical (unpaired) electrons. The molecule has 4 aromatic rings. The monoisotopic (exact) mass is 491 g/mol. The average molecular weight is 492 g/mol. The Morgan fingerprint density at radius 3 is 2.22 bits per heavy atom. The van der Waals surface area contributed by atoms with Crippen LogP contribution in [0.3, 0.4) is 0 Å². The van der Waals surface area contributed by atoms with Gasteiger partial charge in [0.1, 0.15) is 11.5 Å². The lowest BCUT2D eigenvalue weighted by molar-refractivity contribution is -0.118. The molecule has 1 aliphatic heterocycles. The van der Waals surface area contributed by atoms with Crippen molar-refractivity contribution in [1.82, 2.24) is 9.78 Å². The number of anilines is 2. The molecule has 5 rings (SSSR count). The lowest BCUT2D eigenvalue weighted by Gasteiger charge is -2.31. The zero-order valence-corrected chi connectivity index (χ0v) is 21.1. The number of nitrogens with zero attached hydrogens (tertiary/aromatic N) is 3. The van der Waals surface area contributed by atoms with Crippen molar-refractivity contribution in [2.75, 3.05) is 10.6 Å². The molecule has 0 bridgehead atoms. The molecule has 0 spiro atoms. The van der Waals surface area contributed by atoms with Crippen LogP contribution in [0.25, 0.3) is 0 Å². The second-order valence-electron chi connectivity index (χ2n) is 9.27. The highest BCUT2D eigenvalue weighted by molar-refractivity contribution is 6.12. The number of rotatable bonds is 6. The summed E-state index contributed by atoms with van der Waals surface area (Å²) in [6.07, 6.45) is 2.44. The van der Waals surface area contributed by atoms with Crippen molar-refractivity contribution in [3.05, 3.63) is 107 Å². The van der Waals surface area contributed by atoms with Crippen LogP contribution in [0.5, 0.6) is 0 Å². The number of aryl methyl sites for hydroxylation is 2. The molecule has 0 aliphatic carbocycles. The molecule has 2 heterocycles. The minimum Gasteiger partial charge on any atom is -0.325 e. The van der Waals surface area contributed by atoms with E-state index in [2.05, 4.69) is 34.8 Å². The maximum atomic E-state index is 13.6. The predicted molar refractivity (Wildman–Crippen MR) is 147 cm³/mol. The third kappa shape index (κ3) is 4.93. The van der Waals surface area contributed by atoms with Crippen molar-refractivity contribution in [3.8, 4) is 0 Å². The first-order valence-electron chi connectivity index (χ1n) is 12.4. The summed E-state index contributed by atoms with van der Waals surface area (Å²) in [5.41, 5.74) is 5.62. The summed E-state index contributed by atoms with van der Waals surface area (Å²) in [6, 6.07) is 24.7. The zero-order chi connectivity index (χ0) is 25.9. The van der Waals surface area contributed by atoms with Crippen LogP contribution in [-0.2, 0) is 11.2 Å². The number of hydrogen-bond donors (Lipinski definition) is 2. The van der Waals surface area contributed by atoms with E-state index >= 15 is 0 Å². The van der Waals surface area contributed by atoms with Gasteiger partial charge in [0, 0.05) is 17.1 Å². The van der Waals surface area contributed by atoms with Crippen molar-refractivity contribution in [2.45, 2.75) is 33.2 Å². The molecule has 7 heteroatoms. The molecule has 2 unspecified atom stereocenters. The SMILES string of the molecule is CCc1ccc(C2C(C(=O)Nc3ccccc3)C(C)=Nc3c(C(=O)Nc4ccc(C)cc4)cnn32)cc1. The van der Waals surface area contributed by atoms with E-state index in [0.29, 0.717) is 28.5 Å². The van der Waals surface area contributed by atoms with Crippen molar-refractivity contribution in [3.63, 3.8) is 0 Å². The van der Waals surface area contributed by atoms with Crippen molar-refractivity contribution >= 4 is 34.7 Å². The zero-order valence-electron chi connectivity index (χ0n) is 21.1. The molecule has 1 aliphatic rings. The lowest BCUT2D eigenvalue weighted by atomic mass is 9.87. The fourth-order valence-electron chi connectivity index (χ4n) is 4.63. The second-order valence-corrected chi connectivity index (χ2v) is 9.27. The number of nitrogens with one attached hydrogen (secondary N) is 2. The van der Waals surface area contributed by atoms with Crippen LogP contribution in [0.15, 0.2) is 90.1 Å². The van der Waals surface area contributed by atoms with E-state index in [9.17, 15) is 9.59 Å². The topological polar surface area (TPSA) is 88.4 Å². The Hall–Kier alpha value is -4.52. The van der Waals surface area contributed by atoms with Crippen LogP contribution in [0.1, 0.15) is 46.9 Å². The van der Waals surface area contributed by atoms with Crippen LogP contribution in [0, 0.1) is 12.8 Å². The number of carbonyl (C=O) groups is 2. The molecular weight excluding hydrogens is 462 g/mol. The molecule has 7 nitrogen and oxygen atoms in total. The number of benzene rings is 3. The van der Waals surface area contributed by atoms with Gasteiger partial charge in [0.05, 0.1) is 12.2 Å². The van der Waals surface area contributed by atoms with Gasteiger partial charge in [-0.3, -0.25) is 9.59 Å². The average Bonchev–Trinajstić information content (AvgIpc) is 3.33. The quantitative estimate of drug-likeness (QED) is 0.349. The Labute approximate surface area is 216 Å². The fraction of sp³-hybridized carbons (Fsp3) is 0.200. The summed E-state index contributed by atoms with van der Waals surface area (Å²) in [5.74, 6) is -0.638. The van der Waals surface area contributed by atoms with E-state index in [1.807, 2.05) is 80.6 Å². The molecule has 2 atom stereocenters. The van der Waals surface area contributed by atoms with Gasteiger partial charge in [0.15, 0.2) is 5.82 Å². The van der Waals surface area contributed by atoms with Crippen LogP contribution in [-0.4, -0.2) is 27.3 Å². The first-order valence-corrected chi connectivity index (χ1v) is 12.4. The number of fused-ring (bicyclic) bond motifs is 1. The Morgan fingerprint density at radius 2 is 1.54 bits per heavy atom. The van der Waals surface area contributed by atoms with Gasteiger partial charge in [-0.1, -0.05) is 67.1 Å². The molecule has 0 saturated carbocycles. The number of hydrogen-bond acceptors (Lipinski definition) is 4. The van der Waals surface area contributed by atoms with Crippen molar-refractivity contribution < 1.29 is 9.59 Å². The van der Waals surface area contributed by atoms with Crippen LogP contribution >= 0.6 is 0 Å². The highest BCUT2D eigenvalue weighted by atomic mass is 16.2. The molecule has 186 valence electrons. The molecule has 0 fully saturated rings. The number of carbonyl (C=O) groups excluding carboxylic acids is 2. The number of para-hydroxylation sites is 1. The van der Waals surface area contributed by atoms with E-state index < -0.39 is 12.0 Å². The summed E-state index contributed by atoms with van der Waals surface area (Å²) < 4.78 is 1.70. The standard InChI is InChI=1S/C30H29N5O2/c1-4-21-12-14-22(15-13-21)27-26(30(37)34-23-8-6-5-7-9-23)20(3)32-28-25(18-31-35(27)28)29(36)33-24-16-10-19(2)11-17-24/h5-18,26-27H,4H2,1-3H3,(H,33,36)(H,34,37). The minimum atomic E-state index is -0.604. The highest BCUT2D eigenvalue weighted by Gasteiger charge is 2.39. The molecule has 3 aromatic carbocycles. The summed E-state index contributed by atoms with van der Waals surface area (Å²) in [4.78, 5) is 31.5. The number of amides is 2. The molecule has 2 amide bonds. The Kier molecular flexibility index (Phi) is 6.68. The van der Waals surface area contributed by atoms with Gasteiger partial charge in [0.25, 0.3) is 5.91 Å². The van der Waals surface area contributed by atoms with Crippen LogP contribution < -0.4 is 10.6 Å². The first-order chi connectivity index (χ1) is 17.9. The number of aromatic nitrogens is 2. The molecule has 37 heavy (non-hydrogen) atoms. The summed E-state index contributed by atoms with van der Waals surface area (Å²) >= 11 is 0. The van der Waals surface area contributed by atoms with Crippen LogP contribution in [0.4, 0.5) is 17.2 Å². The smallest absolute Gasteiger partial charge is 0.261 e. The van der Waals surface area contributed by atoms with Crippen molar-refractivity contribution in [2.24, 2.45) is 10.9 Å². The van der Waals surface area contributed by atoms with Crippen molar-refractivity contribution in [1.29, 1.82) is 0 Å². The van der Waals surface area contributed by atoms with E-state index in [0.717, 1.165) is 17.5 Å². The van der Waals surface area contributed by atoms with Gasteiger partial charge >= 0.3 is 0 Å². The number of aliphatic imine (C=N–C) groups is 1. The van der Waals surface area contributed by atoms with Gasteiger partial charge in [-0.2, -0.15) is 5.10 Å². The molecule has 1 aromatic heterocycles. The predicted octanol–water partition coefficient (Wildman–Crippen LogP) is 5.96. The Balaban J connectivity index is 1.53. The Morgan fingerprint density at radius 1 is 0.865 bits per heavy atom. The summed E-state index contributed by atoms with van der Waals surface area (Å²) in [5, 5.41) is 10.5. The fourth-order valence-corrected chi connectivity index (χ4v) is 4.63. The minimum absolute atomic E-state index is 0.177. The molecular formula is C30H29N5O2. The van der Waals surface area contributed by atoms with Gasteiger partial charge in [-0.05, 0) is 55.7 Å². The largest absolute Gasteiger partial charge is 0.325 e. The van der Waals surface area contributed by atoms with Gasteiger partial charge < -0.3 is 10.6 Å². The molecule has 2 N–H and O–H groups in total. The third-order valence-corrected chi connectivity index (χ3v) is 6.69. The van der Waals surface area contributed by atoms with E-state index in [4.69, 9.17) is 4.99 Å². The normalized spacial score (nSPS) is 16.5. The first kappa shape index (κ1) is 24.2. The third-order valence-electron chi connectivity index (χ3n) is 6.69. The van der Waals surface area contributed by atoms with Crippen LogP contribution in [0.2, 0.25) is 0 Å². The second kappa shape index (κ2) is 10.2. The summed E-state index contributed by atoms with van der Waals surface area (Å²) in [7, 11) is 0.